The van der Waals surface area contributed by atoms with E-state index in [0.29, 0.717) is 12.5 Å². The van der Waals surface area contributed by atoms with Crippen LogP contribution in [0.1, 0.15) is 40.5 Å². The molecule has 0 rings (SSSR count). The third-order valence-corrected chi connectivity index (χ3v) is 1.63. The van der Waals surface area contributed by atoms with E-state index in [1.54, 1.807) is 6.92 Å². The normalized spacial score (nSPS) is 15.3. The molecule has 0 aromatic rings. The molecular formula is C10H21NO. The molecular weight excluding hydrogens is 150 g/mol. The third kappa shape index (κ3) is 6.35. The lowest BCUT2D eigenvalue weighted by molar-refractivity contribution is 0.204. The number of rotatable bonds is 5. The fourth-order valence-corrected chi connectivity index (χ4v) is 1.05. The first kappa shape index (κ1) is 11.6. The summed E-state index contributed by atoms with van der Waals surface area (Å²) in [7, 11) is 0. The van der Waals surface area contributed by atoms with E-state index in [0.717, 1.165) is 12.8 Å². The molecule has 1 atom stereocenters. The number of hydrogen-bond donors (Lipinski definition) is 1. The molecule has 2 nitrogen and oxygen atoms in total. The molecule has 1 N–H and O–H groups in total. The first-order valence-corrected chi connectivity index (χ1v) is 4.76. The smallest absolute Gasteiger partial charge is 0.0707 e. The number of hydrogen-bond acceptors (Lipinski definition) is 2. The van der Waals surface area contributed by atoms with Gasteiger partial charge in [-0.3, -0.25) is 4.99 Å². The standard InChI is InChI=1S/C10H21NO/c1-5-10(6-8(2)3)11-7-9(4)12/h8-9,12H,5-7H2,1-4H3. The van der Waals surface area contributed by atoms with Crippen LogP contribution in [0.25, 0.3) is 0 Å². The number of aliphatic imine (C=N–C) groups is 1. The van der Waals surface area contributed by atoms with E-state index < -0.39 is 0 Å². The van der Waals surface area contributed by atoms with Gasteiger partial charge in [-0.25, -0.2) is 0 Å². The highest BCUT2D eigenvalue weighted by atomic mass is 16.3. The van der Waals surface area contributed by atoms with Crippen LogP contribution in [-0.2, 0) is 0 Å². The van der Waals surface area contributed by atoms with Crippen molar-refractivity contribution in [2.24, 2.45) is 10.9 Å². The second-order valence-corrected chi connectivity index (χ2v) is 3.71. The molecule has 0 saturated heterocycles. The van der Waals surface area contributed by atoms with Crippen LogP contribution >= 0.6 is 0 Å². The zero-order chi connectivity index (χ0) is 9.56. The Morgan fingerprint density at radius 2 is 1.92 bits per heavy atom. The maximum atomic E-state index is 9.02. The molecule has 72 valence electrons. The van der Waals surface area contributed by atoms with E-state index in [1.807, 2.05) is 0 Å². The molecule has 0 saturated carbocycles. The molecule has 0 aliphatic heterocycles. The molecule has 0 heterocycles. The predicted molar refractivity (Wildman–Crippen MR) is 53.7 cm³/mol. The summed E-state index contributed by atoms with van der Waals surface area (Å²) in [6.07, 6.45) is 1.76. The van der Waals surface area contributed by atoms with Crippen LogP contribution in [0.4, 0.5) is 0 Å². The summed E-state index contributed by atoms with van der Waals surface area (Å²) in [5.74, 6) is 0.665. The van der Waals surface area contributed by atoms with Gasteiger partial charge in [0.25, 0.3) is 0 Å². The SMILES string of the molecule is CCC(CC(C)C)=NCC(C)O. The van der Waals surface area contributed by atoms with E-state index in [1.165, 1.54) is 5.71 Å². The molecule has 0 spiro atoms. The fraction of sp³-hybridized carbons (Fsp3) is 0.900. The van der Waals surface area contributed by atoms with Gasteiger partial charge < -0.3 is 5.11 Å². The van der Waals surface area contributed by atoms with Crippen molar-refractivity contribution in [2.75, 3.05) is 6.54 Å². The second-order valence-electron chi connectivity index (χ2n) is 3.71. The van der Waals surface area contributed by atoms with Crippen molar-refractivity contribution in [3.8, 4) is 0 Å². The van der Waals surface area contributed by atoms with Gasteiger partial charge in [-0.1, -0.05) is 20.8 Å². The highest BCUT2D eigenvalue weighted by Crippen LogP contribution is 2.04. The molecule has 0 radical (unpaired) electrons. The Morgan fingerprint density at radius 1 is 1.33 bits per heavy atom. The minimum atomic E-state index is -0.307. The molecule has 0 aromatic heterocycles. The molecule has 0 bridgehead atoms. The van der Waals surface area contributed by atoms with Crippen LogP contribution in [0.5, 0.6) is 0 Å². The number of aliphatic hydroxyl groups is 1. The van der Waals surface area contributed by atoms with Crippen molar-refractivity contribution in [2.45, 2.75) is 46.6 Å². The number of nitrogens with zero attached hydrogens (tertiary/aromatic N) is 1. The van der Waals surface area contributed by atoms with Gasteiger partial charge in [0.05, 0.1) is 12.6 Å². The molecule has 0 amide bonds. The first-order valence-electron chi connectivity index (χ1n) is 4.76. The maximum Gasteiger partial charge on any atom is 0.0707 e. The summed E-state index contributed by atoms with van der Waals surface area (Å²) in [4.78, 5) is 4.35. The van der Waals surface area contributed by atoms with Crippen LogP contribution in [0.15, 0.2) is 4.99 Å². The summed E-state index contributed by atoms with van der Waals surface area (Å²) < 4.78 is 0. The number of aliphatic hydroxyl groups excluding tert-OH is 1. The minimum Gasteiger partial charge on any atom is -0.391 e. The van der Waals surface area contributed by atoms with Crippen molar-refractivity contribution in [1.29, 1.82) is 0 Å². The van der Waals surface area contributed by atoms with Gasteiger partial charge in [-0.05, 0) is 25.7 Å². The van der Waals surface area contributed by atoms with Crippen molar-refractivity contribution in [3.63, 3.8) is 0 Å². The minimum absolute atomic E-state index is 0.307. The molecule has 12 heavy (non-hydrogen) atoms. The van der Waals surface area contributed by atoms with Gasteiger partial charge in [0.1, 0.15) is 0 Å². The van der Waals surface area contributed by atoms with Crippen LogP contribution in [0.2, 0.25) is 0 Å². The van der Waals surface area contributed by atoms with E-state index in [9.17, 15) is 0 Å². The highest BCUT2D eigenvalue weighted by Gasteiger charge is 2.01. The van der Waals surface area contributed by atoms with E-state index in [2.05, 4.69) is 25.8 Å². The van der Waals surface area contributed by atoms with E-state index >= 15 is 0 Å². The summed E-state index contributed by atoms with van der Waals surface area (Å²) in [6.45, 7) is 8.81. The van der Waals surface area contributed by atoms with Gasteiger partial charge in [0.15, 0.2) is 0 Å². The lowest BCUT2D eigenvalue weighted by atomic mass is 10.1. The van der Waals surface area contributed by atoms with Gasteiger partial charge >= 0.3 is 0 Å². The summed E-state index contributed by atoms with van der Waals surface area (Å²) in [5, 5.41) is 9.02. The average Bonchev–Trinajstić information content (AvgIpc) is 1.97. The van der Waals surface area contributed by atoms with Crippen LogP contribution in [0.3, 0.4) is 0 Å². The lowest BCUT2D eigenvalue weighted by Gasteiger charge is -2.07. The summed E-state index contributed by atoms with van der Waals surface area (Å²) in [6, 6.07) is 0. The molecule has 0 aromatic carbocycles. The van der Waals surface area contributed by atoms with Gasteiger partial charge in [0, 0.05) is 5.71 Å². The van der Waals surface area contributed by atoms with Crippen molar-refractivity contribution in [1.82, 2.24) is 0 Å². The quantitative estimate of drug-likeness (QED) is 0.632. The van der Waals surface area contributed by atoms with Crippen molar-refractivity contribution < 1.29 is 5.11 Å². The van der Waals surface area contributed by atoms with E-state index in [-0.39, 0.29) is 6.10 Å². The van der Waals surface area contributed by atoms with Crippen LogP contribution < -0.4 is 0 Å². The predicted octanol–water partition coefficient (Wildman–Crippen LogP) is 2.26. The Bertz CT molecular complexity index is 139. The molecule has 0 aliphatic rings. The molecule has 1 unspecified atom stereocenters. The Morgan fingerprint density at radius 3 is 2.25 bits per heavy atom. The van der Waals surface area contributed by atoms with Gasteiger partial charge in [0.2, 0.25) is 0 Å². The zero-order valence-corrected chi connectivity index (χ0v) is 8.67. The Labute approximate surface area is 75.7 Å². The van der Waals surface area contributed by atoms with Crippen molar-refractivity contribution >= 4 is 5.71 Å². The highest BCUT2D eigenvalue weighted by molar-refractivity contribution is 5.84. The molecule has 2 heteroatoms. The first-order chi connectivity index (χ1) is 5.56. The summed E-state index contributed by atoms with van der Waals surface area (Å²) in [5.41, 5.74) is 1.23. The largest absolute Gasteiger partial charge is 0.391 e. The Hall–Kier alpha value is -0.370. The maximum absolute atomic E-state index is 9.02. The van der Waals surface area contributed by atoms with Gasteiger partial charge in [-0.2, -0.15) is 0 Å². The topological polar surface area (TPSA) is 32.6 Å². The van der Waals surface area contributed by atoms with Crippen molar-refractivity contribution in [3.05, 3.63) is 0 Å². The Kier molecular flexibility index (Phi) is 5.99. The Balaban J connectivity index is 3.87. The summed E-state index contributed by atoms with van der Waals surface area (Å²) >= 11 is 0. The molecule has 0 aliphatic carbocycles. The lowest BCUT2D eigenvalue weighted by Crippen LogP contribution is -2.09. The monoisotopic (exact) mass is 171 g/mol. The molecule has 0 fully saturated rings. The average molecular weight is 171 g/mol. The third-order valence-electron chi connectivity index (χ3n) is 1.63. The zero-order valence-electron chi connectivity index (χ0n) is 8.67. The van der Waals surface area contributed by atoms with Crippen LogP contribution in [0, 0.1) is 5.92 Å². The second kappa shape index (κ2) is 6.18. The van der Waals surface area contributed by atoms with Crippen LogP contribution in [-0.4, -0.2) is 23.5 Å². The fourth-order valence-electron chi connectivity index (χ4n) is 1.05. The van der Waals surface area contributed by atoms with Gasteiger partial charge in [-0.15, -0.1) is 0 Å². The van der Waals surface area contributed by atoms with E-state index in [4.69, 9.17) is 5.11 Å².